The Morgan fingerprint density at radius 1 is 0.591 bits per heavy atom. The van der Waals surface area contributed by atoms with Gasteiger partial charge in [-0.3, -0.25) is 0 Å². The molecule has 0 saturated carbocycles. The molecule has 0 fully saturated rings. The highest BCUT2D eigenvalue weighted by molar-refractivity contribution is 5.35. The number of hydrogen-bond donors (Lipinski definition) is 0. The van der Waals surface area contributed by atoms with Crippen LogP contribution >= 0.6 is 0 Å². The van der Waals surface area contributed by atoms with E-state index >= 15 is 0 Å². The summed E-state index contributed by atoms with van der Waals surface area (Å²) in [5.41, 5.74) is 5.74. The van der Waals surface area contributed by atoms with Crippen LogP contribution in [0.25, 0.3) is 0 Å². The molecule has 0 amide bonds. The predicted molar refractivity (Wildman–Crippen MR) is 104 cm³/mol. The van der Waals surface area contributed by atoms with Crippen LogP contribution in [0.15, 0.2) is 48.5 Å². The summed E-state index contributed by atoms with van der Waals surface area (Å²) in [7, 11) is 0. The second kappa shape index (κ2) is 15.8. The third-order valence-corrected chi connectivity index (χ3v) is 3.14. The normalized spacial score (nSPS) is 8.36. The molecule has 124 valence electrons. The predicted octanol–water partition coefficient (Wildman–Crippen LogP) is 7.23. The van der Waals surface area contributed by atoms with Crippen LogP contribution in [-0.4, -0.2) is 0 Å². The second-order valence-electron chi connectivity index (χ2n) is 4.23. The molecule has 0 saturated heterocycles. The molecule has 0 heteroatoms. The van der Waals surface area contributed by atoms with Crippen molar-refractivity contribution >= 4 is 0 Å². The third kappa shape index (κ3) is 8.02. The van der Waals surface area contributed by atoms with Crippen LogP contribution < -0.4 is 0 Å². The van der Waals surface area contributed by atoms with Crippen LogP contribution in [-0.2, 0) is 12.8 Å². The number of aryl methyl sites for hydroxylation is 2. The van der Waals surface area contributed by atoms with Crippen molar-refractivity contribution in [2.24, 2.45) is 0 Å². The molecule has 0 unspecified atom stereocenters. The monoisotopic (exact) mass is 300 g/mol. The Hall–Kier alpha value is -1.56. The summed E-state index contributed by atoms with van der Waals surface area (Å²) in [6.07, 6.45) is 2.17. The van der Waals surface area contributed by atoms with E-state index in [1.54, 1.807) is 0 Å². The van der Waals surface area contributed by atoms with Crippen molar-refractivity contribution < 1.29 is 0 Å². The van der Waals surface area contributed by atoms with Crippen molar-refractivity contribution in [3.8, 4) is 0 Å². The van der Waals surface area contributed by atoms with Gasteiger partial charge in [0.2, 0.25) is 0 Å². The summed E-state index contributed by atoms with van der Waals surface area (Å²) in [6, 6.07) is 17.4. The van der Waals surface area contributed by atoms with Crippen molar-refractivity contribution in [3.05, 3.63) is 70.8 Å². The smallest absolute Gasteiger partial charge is 0.00204 e. The molecule has 0 nitrogen and oxygen atoms in total. The van der Waals surface area contributed by atoms with Crippen molar-refractivity contribution in [3.63, 3.8) is 0 Å². The summed E-state index contributed by atoms with van der Waals surface area (Å²) < 4.78 is 0. The highest BCUT2D eigenvalue weighted by atomic mass is 14.1. The van der Waals surface area contributed by atoms with Gasteiger partial charge in [-0.05, 0) is 42.0 Å². The largest absolute Gasteiger partial charge is 0.0683 e. The van der Waals surface area contributed by atoms with Crippen LogP contribution in [0, 0.1) is 6.92 Å². The fourth-order valence-corrected chi connectivity index (χ4v) is 2.09. The molecule has 0 aliphatic carbocycles. The van der Waals surface area contributed by atoms with Gasteiger partial charge < -0.3 is 0 Å². The lowest BCUT2D eigenvalue weighted by atomic mass is 9.96. The van der Waals surface area contributed by atoms with E-state index in [4.69, 9.17) is 0 Å². The molecule has 0 aliphatic rings. The molecule has 0 N–H and O–H groups in total. The van der Waals surface area contributed by atoms with Crippen molar-refractivity contribution in [2.75, 3.05) is 0 Å². The van der Waals surface area contributed by atoms with E-state index in [1.807, 2.05) is 41.5 Å². The van der Waals surface area contributed by atoms with Crippen molar-refractivity contribution in [1.82, 2.24) is 0 Å². The first-order chi connectivity index (χ1) is 10.8. The third-order valence-electron chi connectivity index (χ3n) is 3.14. The molecule has 2 aromatic carbocycles. The van der Waals surface area contributed by atoms with Gasteiger partial charge in [-0.15, -0.1) is 0 Å². The van der Waals surface area contributed by atoms with Crippen LogP contribution in [0.5, 0.6) is 0 Å². The molecular formula is C22H36. The molecule has 0 bridgehead atoms. The van der Waals surface area contributed by atoms with Crippen LogP contribution in [0.2, 0.25) is 0 Å². The molecule has 0 aromatic heterocycles. The van der Waals surface area contributed by atoms with Crippen molar-refractivity contribution in [2.45, 2.75) is 68.2 Å². The standard InChI is InChI=1S/C16H18.3C2H6/c1-3-14-9-6-7-11-16(14)12-15-10-5-4-8-13(15)2;3*1-2/h4-11H,3,12H2,1-2H3;3*1-2H3. The molecule has 0 radical (unpaired) electrons. The minimum Gasteiger partial charge on any atom is -0.0683 e. The topological polar surface area (TPSA) is 0 Å². The Morgan fingerprint density at radius 2 is 1.00 bits per heavy atom. The van der Waals surface area contributed by atoms with E-state index in [0.29, 0.717) is 0 Å². The lowest BCUT2D eigenvalue weighted by Gasteiger charge is -2.09. The molecule has 0 aliphatic heterocycles. The quantitative estimate of drug-likeness (QED) is 0.561. The van der Waals surface area contributed by atoms with Gasteiger partial charge in [0.25, 0.3) is 0 Å². The van der Waals surface area contributed by atoms with E-state index in [2.05, 4.69) is 62.4 Å². The summed E-state index contributed by atoms with van der Waals surface area (Å²) in [5.74, 6) is 0. The zero-order chi connectivity index (χ0) is 17.4. The Balaban J connectivity index is 0. The van der Waals surface area contributed by atoms with Gasteiger partial charge >= 0.3 is 0 Å². The lowest BCUT2D eigenvalue weighted by molar-refractivity contribution is 1.05. The zero-order valence-electron chi connectivity index (χ0n) is 16.0. The van der Waals surface area contributed by atoms with Gasteiger partial charge in [-0.1, -0.05) is 97.0 Å². The zero-order valence-corrected chi connectivity index (χ0v) is 16.0. The van der Waals surface area contributed by atoms with E-state index in [9.17, 15) is 0 Å². The first kappa shape index (κ1) is 22.7. The van der Waals surface area contributed by atoms with E-state index in [0.717, 1.165) is 12.8 Å². The van der Waals surface area contributed by atoms with Crippen LogP contribution in [0.4, 0.5) is 0 Å². The summed E-state index contributed by atoms with van der Waals surface area (Å²) in [6.45, 7) is 16.4. The molecule has 0 spiro atoms. The number of rotatable bonds is 3. The second-order valence-corrected chi connectivity index (χ2v) is 4.23. The Morgan fingerprint density at radius 3 is 1.45 bits per heavy atom. The number of benzene rings is 2. The molecule has 2 rings (SSSR count). The SMILES string of the molecule is CC.CC.CC.CCc1ccccc1Cc1ccccc1C. The van der Waals surface area contributed by atoms with E-state index in [-0.39, 0.29) is 0 Å². The fourth-order valence-electron chi connectivity index (χ4n) is 2.09. The van der Waals surface area contributed by atoms with Gasteiger partial charge in [0.1, 0.15) is 0 Å². The maximum Gasteiger partial charge on any atom is -0.00204 e. The fraction of sp³-hybridized carbons (Fsp3) is 0.455. The molecule has 0 heterocycles. The lowest BCUT2D eigenvalue weighted by Crippen LogP contribution is -1.95. The Labute approximate surface area is 139 Å². The summed E-state index contributed by atoms with van der Waals surface area (Å²) in [4.78, 5) is 0. The first-order valence-corrected chi connectivity index (χ1v) is 8.92. The van der Waals surface area contributed by atoms with Gasteiger partial charge in [-0.25, -0.2) is 0 Å². The summed E-state index contributed by atoms with van der Waals surface area (Å²) >= 11 is 0. The average Bonchev–Trinajstić information content (AvgIpc) is 2.63. The molecular weight excluding hydrogens is 264 g/mol. The minimum absolute atomic E-state index is 1.05. The minimum atomic E-state index is 1.05. The maximum absolute atomic E-state index is 2.24. The highest BCUT2D eigenvalue weighted by Crippen LogP contribution is 2.17. The highest BCUT2D eigenvalue weighted by Gasteiger charge is 2.02. The molecule has 22 heavy (non-hydrogen) atoms. The van der Waals surface area contributed by atoms with Crippen LogP contribution in [0.3, 0.4) is 0 Å². The molecule has 2 aromatic rings. The molecule has 0 atom stereocenters. The van der Waals surface area contributed by atoms with E-state index in [1.165, 1.54) is 22.3 Å². The summed E-state index contributed by atoms with van der Waals surface area (Å²) in [5, 5.41) is 0. The van der Waals surface area contributed by atoms with Gasteiger partial charge in [0.15, 0.2) is 0 Å². The van der Waals surface area contributed by atoms with Crippen molar-refractivity contribution in [1.29, 1.82) is 0 Å². The van der Waals surface area contributed by atoms with Gasteiger partial charge in [0.05, 0.1) is 0 Å². The Bertz CT molecular complexity index is 469. The van der Waals surface area contributed by atoms with Gasteiger partial charge in [-0.2, -0.15) is 0 Å². The van der Waals surface area contributed by atoms with Gasteiger partial charge in [0, 0.05) is 0 Å². The van der Waals surface area contributed by atoms with E-state index < -0.39 is 0 Å². The first-order valence-electron chi connectivity index (χ1n) is 8.92. The maximum atomic E-state index is 2.24. The van der Waals surface area contributed by atoms with Crippen LogP contribution in [0.1, 0.15) is 70.7 Å². The number of hydrogen-bond acceptors (Lipinski definition) is 0. The Kier molecular flexibility index (Phi) is 16.3. The average molecular weight is 301 g/mol.